The van der Waals surface area contributed by atoms with Crippen LogP contribution in [0.5, 0.6) is 0 Å². The topological polar surface area (TPSA) is 48.1 Å². The summed E-state index contributed by atoms with van der Waals surface area (Å²) in [6.45, 7) is 4.81. The van der Waals surface area contributed by atoms with Gasteiger partial charge >= 0.3 is 6.16 Å². The molecule has 1 aromatic rings. The van der Waals surface area contributed by atoms with Crippen molar-refractivity contribution in [2.45, 2.75) is 51.7 Å². The third-order valence-corrected chi connectivity index (χ3v) is 3.92. The molecule has 0 saturated carbocycles. The Balaban J connectivity index is 1.59. The molecule has 4 nitrogen and oxygen atoms in total. The van der Waals surface area contributed by atoms with E-state index in [4.69, 9.17) is 25.8 Å². The molecule has 2 rings (SSSR count). The highest BCUT2D eigenvalue weighted by molar-refractivity contribution is 6.30. The number of carbonyl (C=O) groups is 1. The molecule has 1 fully saturated rings. The molecule has 0 spiro atoms. The number of epoxide rings is 1. The molecule has 1 unspecified atom stereocenters. The van der Waals surface area contributed by atoms with Gasteiger partial charge < -0.3 is 14.2 Å². The molecule has 0 aromatic heterocycles. The Morgan fingerprint density at radius 1 is 1.35 bits per heavy atom. The van der Waals surface area contributed by atoms with E-state index in [1.807, 2.05) is 32.0 Å². The fourth-order valence-corrected chi connectivity index (χ4v) is 2.56. The van der Waals surface area contributed by atoms with Gasteiger partial charge in [-0.15, -0.1) is 0 Å². The zero-order chi connectivity index (χ0) is 16.7. The van der Waals surface area contributed by atoms with Crippen molar-refractivity contribution in [3.8, 4) is 0 Å². The fraction of sp³-hybridized carbons (Fsp3) is 0.611. The molecule has 1 atom stereocenters. The summed E-state index contributed by atoms with van der Waals surface area (Å²) in [5.41, 5.74) is 1.25. The second-order valence-electron chi connectivity index (χ2n) is 6.45. The first kappa shape index (κ1) is 18.1. The highest BCUT2D eigenvalue weighted by Gasteiger charge is 2.49. The lowest BCUT2D eigenvalue weighted by Crippen LogP contribution is -2.23. The van der Waals surface area contributed by atoms with Gasteiger partial charge in [-0.1, -0.05) is 44.0 Å². The molecule has 1 heterocycles. The summed E-state index contributed by atoms with van der Waals surface area (Å²) >= 11 is 5.97. The van der Waals surface area contributed by atoms with Crippen molar-refractivity contribution < 1.29 is 19.0 Å². The molecule has 0 aliphatic carbocycles. The quantitative estimate of drug-likeness (QED) is 0.361. The number of hydrogen-bond donors (Lipinski definition) is 0. The number of halogens is 1. The lowest BCUT2D eigenvalue weighted by molar-refractivity contribution is -0.0424. The number of aryl methyl sites for hydroxylation is 1. The maximum absolute atomic E-state index is 11.6. The summed E-state index contributed by atoms with van der Waals surface area (Å²) < 4.78 is 15.6. The third-order valence-electron chi connectivity index (χ3n) is 3.68. The van der Waals surface area contributed by atoms with Crippen molar-refractivity contribution in [1.82, 2.24) is 0 Å². The molecule has 0 N–H and O–H groups in total. The van der Waals surface area contributed by atoms with Gasteiger partial charge in [-0.2, -0.15) is 0 Å². The largest absolute Gasteiger partial charge is 0.510 e. The van der Waals surface area contributed by atoms with Crippen LogP contribution >= 0.6 is 11.6 Å². The monoisotopic (exact) mass is 340 g/mol. The number of benzene rings is 1. The van der Waals surface area contributed by atoms with Gasteiger partial charge in [-0.3, -0.25) is 0 Å². The summed E-state index contributed by atoms with van der Waals surface area (Å²) in [6.07, 6.45) is 4.19. The van der Waals surface area contributed by atoms with Crippen LogP contribution in [0.15, 0.2) is 24.3 Å². The lowest BCUT2D eigenvalue weighted by Gasteiger charge is -2.14. The van der Waals surface area contributed by atoms with Crippen LogP contribution < -0.4 is 0 Å². The first-order valence-electron chi connectivity index (χ1n) is 8.23. The van der Waals surface area contributed by atoms with Crippen LogP contribution in [0.1, 0.15) is 45.1 Å². The molecule has 1 aliphatic rings. The molecular formula is C18H25ClO4. The van der Waals surface area contributed by atoms with Crippen LogP contribution in [0.2, 0.25) is 5.02 Å². The van der Waals surface area contributed by atoms with E-state index in [1.165, 1.54) is 5.56 Å². The summed E-state index contributed by atoms with van der Waals surface area (Å²) in [6, 6.07) is 7.95. The Hall–Kier alpha value is -1.26. The molecule has 0 bridgehead atoms. The minimum atomic E-state index is -0.732. The highest BCUT2D eigenvalue weighted by Crippen LogP contribution is 2.34. The summed E-state index contributed by atoms with van der Waals surface area (Å²) in [7, 11) is 0. The van der Waals surface area contributed by atoms with Crippen LogP contribution in [0, 0.1) is 5.92 Å². The summed E-state index contributed by atoms with van der Waals surface area (Å²) in [4.78, 5) is 11.6. The standard InChI is InChI=1S/C18H25ClO4/c1-14(2)12-21-17(20)23-18(13-22-18)10-5-3-4-7-15-8-6-9-16(19)11-15/h6,8-9,11,14H,3-5,7,10,12-13H2,1-2H3. The molecule has 0 radical (unpaired) electrons. The van der Waals surface area contributed by atoms with Gasteiger partial charge in [0.15, 0.2) is 0 Å². The molecule has 1 aromatic carbocycles. The Bertz CT molecular complexity index is 511. The summed E-state index contributed by atoms with van der Waals surface area (Å²) in [5, 5.41) is 0.779. The first-order chi connectivity index (χ1) is 11.0. The molecule has 1 saturated heterocycles. The van der Waals surface area contributed by atoms with Crippen molar-refractivity contribution in [2.24, 2.45) is 5.92 Å². The second kappa shape index (κ2) is 8.55. The van der Waals surface area contributed by atoms with Crippen LogP contribution in [-0.4, -0.2) is 25.2 Å². The van der Waals surface area contributed by atoms with Gasteiger partial charge in [0.1, 0.15) is 6.61 Å². The van der Waals surface area contributed by atoms with Gasteiger partial charge in [0.2, 0.25) is 5.79 Å². The average Bonchev–Trinajstić information content (AvgIpc) is 3.24. The Kier molecular flexibility index (Phi) is 6.72. The van der Waals surface area contributed by atoms with Crippen molar-refractivity contribution in [3.63, 3.8) is 0 Å². The maximum Gasteiger partial charge on any atom is 0.510 e. The van der Waals surface area contributed by atoms with Crippen LogP contribution in [-0.2, 0) is 20.6 Å². The molecule has 23 heavy (non-hydrogen) atoms. The SMILES string of the molecule is CC(C)COC(=O)OC1(CCCCCc2cccc(Cl)c2)CO1. The predicted octanol–water partition coefficient (Wildman–Crippen LogP) is 4.98. The van der Waals surface area contributed by atoms with Gasteiger partial charge in [0.25, 0.3) is 0 Å². The fourth-order valence-electron chi connectivity index (χ4n) is 2.34. The van der Waals surface area contributed by atoms with Crippen molar-refractivity contribution in [1.29, 1.82) is 0 Å². The number of rotatable bonds is 9. The van der Waals surface area contributed by atoms with E-state index >= 15 is 0 Å². The van der Waals surface area contributed by atoms with Gasteiger partial charge in [-0.25, -0.2) is 4.79 Å². The number of hydrogen-bond acceptors (Lipinski definition) is 4. The van der Waals surface area contributed by atoms with Crippen molar-refractivity contribution >= 4 is 17.8 Å². The van der Waals surface area contributed by atoms with Gasteiger partial charge in [0.05, 0.1) is 6.61 Å². The molecule has 1 aliphatic heterocycles. The Morgan fingerprint density at radius 3 is 2.78 bits per heavy atom. The number of carbonyl (C=O) groups excluding carboxylic acids is 1. The maximum atomic E-state index is 11.6. The summed E-state index contributed by atoms with van der Waals surface area (Å²) in [5.74, 6) is -0.436. The van der Waals surface area contributed by atoms with Gasteiger partial charge in [0, 0.05) is 11.4 Å². The zero-order valence-corrected chi connectivity index (χ0v) is 14.6. The predicted molar refractivity (Wildman–Crippen MR) is 89.6 cm³/mol. The third kappa shape index (κ3) is 6.80. The van der Waals surface area contributed by atoms with E-state index in [-0.39, 0.29) is 0 Å². The van der Waals surface area contributed by atoms with E-state index < -0.39 is 11.9 Å². The van der Waals surface area contributed by atoms with Crippen LogP contribution in [0.25, 0.3) is 0 Å². The molecule has 0 amide bonds. The molecular weight excluding hydrogens is 316 g/mol. The van der Waals surface area contributed by atoms with Crippen molar-refractivity contribution in [2.75, 3.05) is 13.2 Å². The Morgan fingerprint density at radius 2 is 2.13 bits per heavy atom. The molecule has 5 heteroatoms. The Labute approximate surface area is 143 Å². The van der Waals surface area contributed by atoms with E-state index in [0.29, 0.717) is 19.1 Å². The normalized spacial score (nSPS) is 19.7. The highest BCUT2D eigenvalue weighted by atomic mass is 35.5. The zero-order valence-electron chi connectivity index (χ0n) is 13.8. The average molecular weight is 341 g/mol. The van der Waals surface area contributed by atoms with E-state index in [2.05, 4.69) is 6.07 Å². The second-order valence-corrected chi connectivity index (χ2v) is 6.88. The van der Waals surface area contributed by atoms with Crippen molar-refractivity contribution in [3.05, 3.63) is 34.9 Å². The van der Waals surface area contributed by atoms with E-state index in [0.717, 1.165) is 37.1 Å². The molecule has 128 valence electrons. The minimum absolute atomic E-state index is 0.296. The smallest absolute Gasteiger partial charge is 0.434 e. The van der Waals surface area contributed by atoms with E-state index in [9.17, 15) is 4.79 Å². The van der Waals surface area contributed by atoms with Gasteiger partial charge in [-0.05, 0) is 42.9 Å². The lowest BCUT2D eigenvalue weighted by atomic mass is 10.0. The first-order valence-corrected chi connectivity index (χ1v) is 8.61. The van der Waals surface area contributed by atoms with Crippen LogP contribution in [0.3, 0.4) is 0 Å². The van der Waals surface area contributed by atoms with E-state index in [1.54, 1.807) is 0 Å². The van der Waals surface area contributed by atoms with Crippen LogP contribution in [0.4, 0.5) is 4.79 Å². The number of ether oxygens (including phenoxy) is 3. The minimum Gasteiger partial charge on any atom is -0.434 e. The number of unbranched alkanes of at least 4 members (excludes halogenated alkanes) is 2.